The molecular formula is C33H37N5O3S. The molecule has 0 saturated carbocycles. The molecule has 0 unspecified atom stereocenters. The van der Waals surface area contributed by atoms with Gasteiger partial charge in [0.1, 0.15) is 18.1 Å². The Morgan fingerprint density at radius 2 is 1.83 bits per heavy atom. The van der Waals surface area contributed by atoms with Gasteiger partial charge in [-0.05, 0) is 49.2 Å². The zero-order valence-electron chi connectivity index (χ0n) is 25.0. The minimum atomic E-state index is -0.353. The number of aromatic nitrogens is 3. The van der Waals surface area contributed by atoms with E-state index in [1.165, 1.54) is 11.8 Å². The molecule has 4 aromatic rings. The summed E-state index contributed by atoms with van der Waals surface area (Å²) >= 11 is 1.54. The van der Waals surface area contributed by atoms with Gasteiger partial charge in [0.05, 0.1) is 41.7 Å². The van der Waals surface area contributed by atoms with Crippen molar-refractivity contribution in [3.63, 3.8) is 0 Å². The van der Waals surface area contributed by atoms with Gasteiger partial charge in [0.25, 0.3) is 0 Å². The lowest BCUT2D eigenvalue weighted by Gasteiger charge is -2.25. The lowest BCUT2D eigenvalue weighted by molar-refractivity contribution is -0.123. The number of para-hydroxylation sites is 1. The predicted molar refractivity (Wildman–Crippen MR) is 167 cm³/mol. The minimum Gasteiger partial charge on any atom is -0.496 e. The second-order valence-corrected chi connectivity index (χ2v) is 12.6. The number of fused-ring (bicyclic) bond motifs is 1. The Balaban J connectivity index is 1.71. The molecule has 8 nitrogen and oxygen atoms in total. The van der Waals surface area contributed by atoms with Crippen molar-refractivity contribution in [3.8, 4) is 11.4 Å². The van der Waals surface area contributed by atoms with Crippen molar-refractivity contribution in [1.82, 2.24) is 20.1 Å². The number of pyridine rings is 1. The number of nitrogens with zero attached hydrogens (tertiary/aromatic N) is 4. The third-order valence-electron chi connectivity index (χ3n) is 7.52. The Hall–Kier alpha value is -4.11. The molecule has 2 aromatic heterocycles. The Morgan fingerprint density at radius 3 is 2.55 bits per heavy atom. The van der Waals surface area contributed by atoms with E-state index in [2.05, 4.69) is 51.0 Å². The maximum Gasteiger partial charge on any atom is 0.240 e. The average Bonchev–Trinajstić information content (AvgIpc) is 3.31. The number of rotatable bonds is 7. The summed E-state index contributed by atoms with van der Waals surface area (Å²) < 4.78 is 7.66. The molecular weight excluding hydrogens is 546 g/mol. The maximum atomic E-state index is 14.0. The van der Waals surface area contributed by atoms with Gasteiger partial charge in [0.15, 0.2) is 0 Å². The number of thioether (sulfide) groups is 1. The third-order valence-corrected chi connectivity index (χ3v) is 8.76. The topological polar surface area (TPSA) is 89.3 Å². The fraction of sp³-hybridized carbons (Fsp3) is 0.333. The van der Waals surface area contributed by atoms with Gasteiger partial charge in [-0.15, -0.1) is 11.8 Å². The van der Waals surface area contributed by atoms with Crippen molar-refractivity contribution in [2.24, 2.45) is 0 Å². The van der Waals surface area contributed by atoms with Gasteiger partial charge < -0.3 is 10.1 Å². The van der Waals surface area contributed by atoms with Gasteiger partial charge in [-0.3, -0.25) is 19.5 Å². The standard InChI is InChI=1S/C33H37N5O3S/c1-21-12-11-15-25(22(21)2)38-32-29(31(36-38)33(3,4)5)30(24-14-7-8-16-26(24)41-6)42-20-28(40)37(32)19-27(39)35-18-23-13-9-10-17-34-23/h7-17,30H,18-20H2,1-6H3,(H,35,39)/t30-/m0/s1. The number of carbonyl (C=O) groups is 2. The van der Waals surface area contributed by atoms with Crippen molar-refractivity contribution < 1.29 is 14.3 Å². The first kappa shape index (κ1) is 29.4. The van der Waals surface area contributed by atoms with Crippen molar-refractivity contribution >= 4 is 29.4 Å². The van der Waals surface area contributed by atoms with Crippen LogP contribution in [0.15, 0.2) is 66.9 Å². The fourth-order valence-electron chi connectivity index (χ4n) is 5.23. The molecule has 42 heavy (non-hydrogen) atoms. The number of anilines is 1. The largest absolute Gasteiger partial charge is 0.496 e. The van der Waals surface area contributed by atoms with E-state index in [9.17, 15) is 9.59 Å². The van der Waals surface area contributed by atoms with Crippen LogP contribution in [0.2, 0.25) is 0 Å². The molecule has 0 aliphatic carbocycles. The first-order chi connectivity index (χ1) is 20.1. The summed E-state index contributed by atoms with van der Waals surface area (Å²) in [6.45, 7) is 10.6. The van der Waals surface area contributed by atoms with Gasteiger partial charge in [0, 0.05) is 22.7 Å². The summed E-state index contributed by atoms with van der Waals surface area (Å²) in [5.74, 6) is 1.13. The molecule has 0 saturated heterocycles. The number of carbonyl (C=O) groups excluding carboxylic acids is 2. The third kappa shape index (κ3) is 5.79. The van der Waals surface area contributed by atoms with Crippen LogP contribution < -0.4 is 15.0 Å². The average molecular weight is 584 g/mol. The highest BCUT2D eigenvalue weighted by atomic mass is 32.2. The van der Waals surface area contributed by atoms with Crippen molar-refractivity contribution in [2.45, 2.75) is 51.8 Å². The first-order valence-electron chi connectivity index (χ1n) is 14.0. The molecule has 0 bridgehead atoms. The fourth-order valence-corrected chi connectivity index (χ4v) is 6.45. The highest BCUT2D eigenvalue weighted by Crippen LogP contribution is 2.50. The summed E-state index contributed by atoms with van der Waals surface area (Å²) in [5, 5.41) is 7.92. The number of methoxy groups -OCH3 is 1. The molecule has 218 valence electrons. The second-order valence-electron chi connectivity index (χ2n) is 11.5. The first-order valence-corrected chi connectivity index (χ1v) is 15.1. The Bertz CT molecular complexity index is 1610. The van der Waals surface area contributed by atoms with Crippen LogP contribution in [0.25, 0.3) is 5.69 Å². The summed E-state index contributed by atoms with van der Waals surface area (Å²) in [7, 11) is 1.66. The number of aryl methyl sites for hydroxylation is 1. The summed E-state index contributed by atoms with van der Waals surface area (Å²) in [5.41, 5.74) is 6.19. The highest BCUT2D eigenvalue weighted by molar-refractivity contribution is 8.00. The molecule has 0 fully saturated rings. The van der Waals surface area contributed by atoms with E-state index >= 15 is 0 Å². The number of benzene rings is 2. The predicted octanol–water partition coefficient (Wildman–Crippen LogP) is 5.68. The van der Waals surface area contributed by atoms with E-state index in [0.717, 1.165) is 45.1 Å². The van der Waals surface area contributed by atoms with Crippen LogP contribution in [-0.2, 0) is 21.5 Å². The maximum absolute atomic E-state index is 14.0. The molecule has 2 aromatic carbocycles. The molecule has 0 radical (unpaired) electrons. The van der Waals surface area contributed by atoms with Gasteiger partial charge in [0.2, 0.25) is 11.8 Å². The molecule has 0 spiro atoms. The number of ether oxygens (including phenoxy) is 1. The van der Waals surface area contributed by atoms with Crippen molar-refractivity contribution in [1.29, 1.82) is 0 Å². The lowest BCUT2D eigenvalue weighted by Crippen LogP contribution is -2.42. The van der Waals surface area contributed by atoms with E-state index in [1.54, 1.807) is 18.2 Å². The number of hydrogen-bond donors (Lipinski definition) is 1. The van der Waals surface area contributed by atoms with Crippen LogP contribution in [0.5, 0.6) is 5.75 Å². The summed E-state index contributed by atoms with van der Waals surface area (Å²) in [6, 6.07) is 19.6. The molecule has 5 rings (SSSR count). The van der Waals surface area contributed by atoms with Crippen LogP contribution in [0.4, 0.5) is 5.82 Å². The molecule has 1 aliphatic rings. The zero-order chi connectivity index (χ0) is 30.0. The van der Waals surface area contributed by atoms with Gasteiger partial charge in [-0.2, -0.15) is 5.10 Å². The smallest absolute Gasteiger partial charge is 0.240 e. The summed E-state index contributed by atoms with van der Waals surface area (Å²) in [6.07, 6.45) is 1.69. The van der Waals surface area contributed by atoms with Gasteiger partial charge >= 0.3 is 0 Å². The van der Waals surface area contributed by atoms with Crippen molar-refractivity contribution in [2.75, 3.05) is 24.3 Å². The molecule has 1 aliphatic heterocycles. The second kappa shape index (κ2) is 12.0. The van der Waals surface area contributed by atoms with Crippen LogP contribution in [-0.4, -0.2) is 46.0 Å². The Morgan fingerprint density at radius 1 is 1.07 bits per heavy atom. The Kier molecular flexibility index (Phi) is 8.41. The van der Waals surface area contributed by atoms with E-state index in [4.69, 9.17) is 9.84 Å². The monoisotopic (exact) mass is 583 g/mol. The minimum absolute atomic E-state index is 0.141. The van der Waals surface area contributed by atoms with Crippen molar-refractivity contribution in [3.05, 3.63) is 101 Å². The molecule has 9 heteroatoms. The molecule has 3 heterocycles. The number of amides is 2. The van der Waals surface area contributed by atoms with Gasteiger partial charge in [-0.1, -0.05) is 57.2 Å². The highest BCUT2D eigenvalue weighted by Gasteiger charge is 2.40. The Labute approximate surface area is 251 Å². The van der Waals surface area contributed by atoms with Crippen LogP contribution >= 0.6 is 11.8 Å². The van der Waals surface area contributed by atoms with Crippen LogP contribution in [0.1, 0.15) is 59.7 Å². The molecule has 1 atom stereocenters. The SMILES string of the molecule is COc1ccccc1[C@@H]1SCC(=O)N(CC(=O)NCc2ccccn2)c2c1c(C(C)(C)C)nn2-c1cccc(C)c1C. The van der Waals surface area contributed by atoms with E-state index in [0.29, 0.717) is 5.82 Å². The van der Waals surface area contributed by atoms with E-state index < -0.39 is 0 Å². The molecule has 1 N–H and O–H groups in total. The van der Waals surface area contributed by atoms with Crippen LogP contribution in [0.3, 0.4) is 0 Å². The van der Waals surface area contributed by atoms with E-state index in [-0.39, 0.29) is 41.3 Å². The number of nitrogens with one attached hydrogen (secondary N) is 1. The lowest BCUT2D eigenvalue weighted by atomic mass is 9.87. The van der Waals surface area contributed by atoms with Crippen LogP contribution in [0, 0.1) is 13.8 Å². The normalized spacial score (nSPS) is 15.2. The summed E-state index contributed by atoms with van der Waals surface area (Å²) in [4.78, 5) is 33.2. The van der Waals surface area contributed by atoms with Gasteiger partial charge in [-0.25, -0.2) is 4.68 Å². The molecule has 2 amide bonds. The number of hydrogen-bond acceptors (Lipinski definition) is 6. The zero-order valence-corrected chi connectivity index (χ0v) is 25.8. The van der Waals surface area contributed by atoms with E-state index in [1.807, 2.05) is 59.3 Å². The quantitative estimate of drug-likeness (QED) is 0.301.